The first-order valence-electron chi connectivity index (χ1n) is 9.34. The standard InChI is InChI=1S/C22H23N5O/c1-13(14-5-8-18-20(12-14)26-27-25-18)23-21(28)19-9-6-15-11-16(22(2,3)4)7-10-17(15)24-19/h5-13H,1-4H3,(H,23,28)(H,25,26,27). The van der Waals surface area contributed by atoms with Crippen molar-refractivity contribution in [1.82, 2.24) is 25.7 Å². The molecular weight excluding hydrogens is 350 g/mol. The molecular formula is C22H23N5O. The molecule has 6 heteroatoms. The van der Waals surface area contributed by atoms with Crippen molar-refractivity contribution in [2.24, 2.45) is 0 Å². The van der Waals surface area contributed by atoms with Gasteiger partial charge < -0.3 is 5.32 Å². The van der Waals surface area contributed by atoms with Crippen LogP contribution in [0.15, 0.2) is 48.5 Å². The maximum atomic E-state index is 12.7. The number of H-pyrrole nitrogens is 1. The lowest BCUT2D eigenvalue weighted by Crippen LogP contribution is -2.27. The lowest BCUT2D eigenvalue weighted by Gasteiger charge is -2.19. The Balaban J connectivity index is 1.56. The predicted octanol–water partition coefficient (Wildman–Crippen LogP) is 4.29. The van der Waals surface area contributed by atoms with E-state index in [0.29, 0.717) is 5.69 Å². The minimum Gasteiger partial charge on any atom is -0.344 e. The molecule has 142 valence electrons. The molecule has 0 aliphatic carbocycles. The molecule has 2 aromatic carbocycles. The molecule has 28 heavy (non-hydrogen) atoms. The lowest BCUT2D eigenvalue weighted by atomic mass is 9.86. The number of hydrogen-bond acceptors (Lipinski definition) is 4. The SMILES string of the molecule is CC(NC(=O)c1ccc2cc(C(C)(C)C)ccc2n1)c1ccc2n[nH]nc2c1. The summed E-state index contributed by atoms with van der Waals surface area (Å²) < 4.78 is 0. The van der Waals surface area contributed by atoms with Crippen molar-refractivity contribution in [2.75, 3.05) is 0 Å². The number of nitrogens with one attached hydrogen (secondary N) is 2. The van der Waals surface area contributed by atoms with Crippen LogP contribution in [0.25, 0.3) is 21.9 Å². The van der Waals surface area contributed by atoms with E-state index >= 15 is 0 Å². The summed E-state index contributed by atoms with van der Waals surface area (Å²) in [5.74, 6) is -0.199. The molecule has 2 aromatic heterocycles. The topological polar surface area (TPSA) is 83.6 Å². The van der Waals surface area contributed by atoms with Crippen LogP contribution in [0.5, 0.6) is 0 Å². The van der Waals surface area contributed by atoms with Gasteiger partial charge in [0.25, 0.3) is 5.91 Å². The summed E-state index contributed by atoms with van der Waals surface area (Å²) in [5, 5.41) is 14.8. The molecule has 0 aliphatic rings. The molecule has 1 unspecified atom stereocenters. The summed E-state index contributed by atoms with van der Waals surface area (Å²) in [4.78, 5) is 17.3. The number of aromatic nitrogens is 4. The Morgan fingerprint density at radius 1 is 0.964 bits per heavy atom. The molecule has 0 saturated heterocycles. The van der Waals surface area contributed by atoms with E-state index in [2.05, 4.69) is 58.6 Å². The number of nitrogens with zero attached hydrogens (tertiary/aromatic N) is 3. The molecule has 1 atom stereocenters. The minimum atomic E-state index is -0.199. The second kappa shape index (κ2) is 6.71. The second-order valence-corrected chi connectivity index (χ2v) is 8.12. The summed E-state index contributed by atoms with van der Waals surface area (Å²) in [6.07, 6.45) is 0. The van der Waals surface area contributed by atoms with Crippen molar-refractivity contribution in [3.8, 4) is 0 Å². The third-order valence-corrected chi connectivity index (χ3v) is 4.98. The van der Waals surface area contributed by atoms with Crippen LogP contribution in [-0.2, 0) is 5.41 Å². The van der Waals surface area contributed by atoms with Crippen molar-refractivity contribution in [3.63, 3.8) is 0 Å². The van der Waals surface area contributed by atoms with Gasteiger partial charge in [-0.2, -0.15) is 15.4 Å². The van der Waals surface area contributed by atoms with Gasteiger partial charge in [-0.25, -0.2) is 4.98 Å². The van der Waals surface area contributed by atoms with Gasteiger partial charge in [-0.05, 0) is 53.8 Å². The normalized spacial score (nSPS) is 13.0. The van der Waals surface area contributed by atoms with E-state index in [0.717, 1.165) is 27.5 Å². The van der Waals surface area contributed by atoms with Crippen molar-refractivity contribution in [2.45, 2.75) is 39.2 Å². The monoisotopic (exact) mass is 373 g/mol. The number of benzene rings is 2. The Bertz CT molecular complexity index is 1170. The van der Waals surface area contributed by atoms with Crippen LogP contribution in [0.3, 0.4) is 0 Å². The highest BCUT2D eigenvalue weighted by Crippen LogP contribution is 2.25. The maximum Gasteiger partial charge on any atom is 0.270 e. The number of pyridine rings is 1. The molecule has 2 heterocycles. The minimum absolute atomic E-state index is 0.0740. The molecule has 6 nitrogen and oxygen atoms in total. The van der Waals surface area contributed by atoms with Gasteiger partial charge in [0.05, 0.1) is 11.6 Å². The zero-order chi connectivity index (χ0) is 19.9. The maximum absolute atomic E-state index is 12.7. The van der Waals surface area contributed by atoms with Gasteiger partial charge >= 0.3 is 0 Å². The van der Waals surface area contributed by atoms with Gasteiger partial charge in [0, 0.05) is 5.39 Å². The fourth-order valence-electron chi connectivity index (χ4n) is 3.20. The first kappa shape index (κ1) is 18.1. The third kappa shape index (κ3) is 3.45. The van der Waals surface area contributed by atoms with E-state index in [4.69, 9.17) is 0 Å². The van der Waals surface area contributed by atoms with Crippen LogP contribution in [-0.4, -0.2) is 26.3 Å². The number of carbonyl (C=O) groups excluding carboxylic acids is 1. The number of rotatable bonds is 3. The largest absolute Gasteiger partial charge is 0.344 e. The highest BCUT2D eigenvalue weighted by atomic mass is 16.1. The third-order valence-electron chi connectivity index (χ3n) is 4.98. The van der Waals surface area contributed by atoms with E-state index in [9.17, 15) is 4.79 Å². The Kier molecular flexibility index (Phi) is 4.34. The van der Waals surface area contributed by atoms with E-state index in [1.807, 2.05) is 37.3 Å². The zero-order valence-corrected chi connectivity index (χ0v) is 16.4. The number of carbonyl (C=O) groups is 1. The van der Waals surface area contributed by atoms with Gasteiger partial charge in [-0.1, -0.05) is 39.0 Å². The zero-order valence-electron chi connectivity index (χ0n) is 16.4. The smallest absolute Gasteiger partial charge is 0.270 e. The number of amides is 1. The Morgan fingerprint density at radius 3 is 2.50 bits per heavy atom. The van der Waals surface area contributed by atoms with E-state index < -0.39 is 0 Å². The van der Waals surface area contributed by atoms with Crippen LogP contribution in [0, 0.1) is 0 Å². The predicted molar refractivity (Wildman–Crippen MR) is 110 cm³/mol. The summed E-state index contributed by atoms with van der Waals surface area (Å²) in [5.41, 5.74) is 5.08. The first-order valence-corrected chi connectivity index (χ1v) is 9.34. The van der Waals surface area contributed by atoms with Crippen LogP contribution in [0.1, 0.15) is 55.4 Å². The van der Waals surface area contributed by atoms with Gasteiger partial charge in [-0.3, -0.25) is 4.79 Å². The van der Waals surface area contributed by atoms with Gasteiger partial charge in [0.15, 0.2) is 0 Å². The van der Waals surface area contributed by atoms with Crippen LogP contribution < -0.4 is 5.32 Å². The van der Waals surface area contributed by atoms with E-state index in [-0.39, 0.29) is 17.4 Å². The second-order valence-electron chi connectivity index (χ2n) is 8.12. The average molecular weight is 373 g/mol. The van der Waals surface area contributed by atoms with E-state index in [1.54, 1.807) is 6.07 Å². The van der Waals surface area contributed by atoms with Crippen LogP contribution in [0.2, 0.25) is 0 Å². The molecule has 0 spiro atoms. The number of fused-ring (bicyclic) bond motifs is 2. The number of hydrogen-bond donors (Lipinski definition) is 2. The van der Waals surface area contributed by atoms with E-state index in [1.165, 1.54) is 5.56 Å². The Hall–Kier alpha value is -3.28. The van der Waals surface area contributed by atoms with Gasteiger partial charge in [-0.15, -0.1) is 0 Å². The summed E-state index contributed by atoms with van der Waals surface area (Å²) in [6.45, 7) is 8.49. The summed E-state index contributed by atoms with van der Waals surface area (Å²) in [7, 11) is 0. The molecule has 1 amide bonds. The van der Waals surface area contributed by atoms with Gasteiger partial charge in [0.2, 0.25) is 0 Å². The molecule has 0 saturated carbocycles. The molecule has 4 rings (SSSR count). The average Bonchev–Trinajstić information content (AvgIpc) is 3.14. The molecule has 0 bridgehead atoms. The molecule has 0 radical (unpaired) electrons. The quantitative estimate of drug-likeness (QED) is 0.561. The number of aromatic amines is 1. The highest BCUT2D eigenvalue weighted by molar-refractivity contribution is 5.95. The highest BCUT2D eigenvalue weighted by Gasteiger charge is 2.16. The van der Waals surface area contributed by atoms with Crippen LogP contribution in [0.4, 0.5) is 0 Å². The van der Waals surface area contributed by atoms with Crippen molar-refractivity contribution in [1.29, 1.82) is 0 Å². The fraction of sp³-hybridized carbons (Fsp3) is 0.273. The Morgan fingerprint density at radius 2 is 1.71 bits per heavy atom. The first-order chi connectivity index (χ1) is 13.3. The molecule has 0 aliphatic heterocycles. The van der Waals surface area contributed by atoms with Gasteiger partial charge in [0.1, 0.15) is 16.7 Å². The van der Waals surface area contributed by atoms with Crippen molar-refractivity contribution < 1.29 is 4.79 Å². The molecule has 0 fully saturated rings. The lowest BCUT2D eigenvalue weighted by molar-refractivity contribution is 0.0935. The molecule has 2 N–H and O–H groups in total. The molecule has 4 aromatic rings. The Labute approximate surface area is 163 Å². The summed E-state index contributed by atoms with van der Waals surface area (Å²) >= 11 is 0. The summed E-state index contributed by atoms with van der Waals surface area (Å²) in [6, 6.07) is 15.5. The van der Waals surface area contributed by atoms with Crippen LogP contribution >= 0.6 is 0 Å². The van der Waals surface area contributed by atoms with Crippen molar-refractivity contribution in [3.05, 3.63) is 65.4 Å². The van der Waals surface area contributed by atoms with Crippen molar-refractivity contribution >= 4 is 27.8 Å². The fourth-order valence-corrected chi connectivity index (χ4v) is 3.20.